The Morgan fingerprint density at radius 1 is 0.906 bits per heavy atom. The zero-order chi connectivity index (χ0) is 47.1. The number of carbonyl (C=O) groups excluding carboxylic acids is 1. The molecule has 15 heteroatoms. The summed E-state index contributed by atoms with van der Waals surface area (Å²) in [6, 6.07) is 4.53. The third kappa shape index (κ3) is 10.4. The number of ketones is 1. The van der Waals surface area contributed by atoms with Crippen LogP contribution in [0.3, 0.4) is 0 Å². The minimum atomic E-state index is -1.29. The summed E-state index contributed by atoms with van der Waals surface area (Å²) in [6.07, 6.45) is 6.74. The van der Waals surface area contributed by atoms with Crippen LogP contribution < -0.4 is 10.6 Å². The molecule has 2 spiro atoms. The Bertz CT molecular complexity index is 1860. The highest BCUT2D eigenvalue weighted by atomic mass is 35.5. The summed E-state index contributed by atoms with van der Waals surface area (Å²) in [5.74, 6) is -5.93. The fraction of sp³-hybridized carbons (Fsp3) is 0.776. The Labute approximate surface area is 396 Å². The van der Waals surface area contributed by atoms with Gasteiger partial charge in [-0.1, -0.05) is 84.7 Å². The van der Waals surface area contributed by atoms with E-state index in [4.69, 9.17) is 59.1 Å². The fourth-order valence-electron chi connectivity index (χ4n) is 11.6. The van der Waals surface area contributed by atoms with Gasteiger partial charge in [0.25, 0.3) is 0 Å². The predicted octanol–water partition coefficient (Wildman–Crippen LogP) is 9.49. The Morgan fingerprint density at radius 2 is 1.58 bits per heavy atom. The third-order valence-corrected chi connectivity index (χ3v) is 16.5. The molecule has 2 unspecified atom stereocenters. The molecule has 0 radical (unpaired) electrons. The first-order valence-electron chi connectivity index (χ1n) is 23.8. The number of benzene rings is 1. The normalized spacial score (nSPS) is 40.1. The van der Waals surface area contributed by atoms with Crippen molar-refractivity contribution in [2.75, 3.05) is 5.32 Å². The van der Waals surface area contributed by atoms with E-state index >= 15 is 0 Å². The van der Waals surface area contributed by atoms with E-state index < -0.39 is 82.9 Å². The Kier molecular flexibility index (Phi) is 16.4. The number of hydrogen-bond donors (Lipinski definition) is 5. The summed E-state index contributed by atoms with van der Waals surface area (Å²) >= 11 is 18.5. The second-order valence-electron chi connectivity index (χ2n) is 20.2. The first kappa shape index (κ1) is 51.5. The van der Waals surface area contributed by atoms with Gasteiger partial charge in [-0.2, -0.15) is 0 Å². The molecule has 18 atom stereocenters. The number of aliphatic carboxylic acids is 1. The maximum absolute atomic E-state index is 14.7. The molecule has 0 aliphatic carbocycles. The lowest BCUT2D eigenvalue weighted by Crippen LogP contribution is -2.66. The number of rotatable bonds is 14. The van der Waals surface area contributed by atoms with Crippen LogP contribution in [0.4, 0.5) is 5.69 Å². The van der Waals surface area contributed by atoms with Crippen LogP contribution >= 0.6 is 35.4 Å². The molecule has 0 bridgehead atoms. The van der Waals surface area contributed by atoms with Gasteiger partial charge in [0, 0.05) is 45.8 Å². The molecule has 5 heterocycles. The molecule has 1 aromatic carbocycles. The van der Waals surface area contributed by atoms with E-state index in [1.165, 1.54) is 0 Å². The highest BCUT2D eigenvalue weighted by molar-refractivity contribution is 7.80. The molecule has 4 fully saturated rings. The average Bonchev–Trinajstić information content (AvgIpc) is 3.58. The number of anilines is 1. The second kappa shape index (κ2) is 20.4. The van der Waals surface area contributed by atoms with Crippen molar-refractivity contribution in [1.82, 2.24) is 5.32 Å². The van der Waals surface area contributed by atoms with Crippen LogP contribution in [-0.2, 0) is 33.3 Å². The Morgan fingerprint density at radius 3 is 2.19 bits per heavy atom. The molecule has 64 heavy (non-hydrogen) atoms. The highest BCUT2D eigenvalue weighted by Crippen LogP contribution is 2.54. The van der Waals surface area contributed by atoms with Crippen molar-refractivity contribution < 1.29 is 48.6 Å². The minimum Gasteiger partial charge on any atom is -0.481 e. The van der Waals surface area contributed by atoms with E-state index in [-0.39, 0.29) is 35.7 Å². The van der Waals surface area contributed by atoms with E-state index in [0.717, 1.165) is 6.42 Å². The number of Topliss-reactive ketones (excluding diaryl/α,β-unsaturated/α-hetero) is 1. The molecule has 5 aliphatic rings. The van der Waals surface area contributed by atoms with E-state index in [1.807, 2.05) is 46.8 Å². The number of aliphatic hydroxyl groups excluding tert-OH is 1. The zero-order valence-electron chi connectivity index (χ0n) is 39.4. The summed E-state index contributed by atoms with van der Waals surface area (Å²) < 4.78 is 34.8. The first-order valence-corrected chi connectivity index (χ1v) is 25.0. The summed E-state index contributed by atoms with van der Waals surface area (Å²) in [5.41, 5.74) is -1.08. The summed E-state index contributed by atoms with van der Waals surface area (Å²) in [5, 5.41) is 40.9. The smallest absolute Gasteiger partial charge is 0.309 e. The second-order valence-corrected chi connectivity index (χ2v) is 21.5. The molecule has 5 aliphatic heterocycles. The zero-order valence-corrected chi connectivity index (χ0v) is 41.7. The number of ether oxygens (including phenoxy) is 5. The maximum Gasteiger partial charge on any atom is 0.309 e. The number of aliphatic hydroxyl groups is 2. The standard InChI is InChI=1S/C49H74Cl2N2O10S/c1-11-35(44(56)57)37-15-14-26(4)42(60-37)30(8)40(54)29(7)41(55)36(12-2)43-27(5)22-28(6)48(61-43)19-16-38(53-45(64)52-34-24-32(50)23-33(51)25-34)49(63-48)21-20-46(10,62-49)39-17-18-47(58,13-3)31(9)59-39/h16,19,23-31,35-40,42-43,54,58H,11-15,17-18,20-22H2,1-10H3,(H,56,57)(H2,52,53,64)/t26-,27-,28+,29-,30-,31-,35+,36?,37+,38?,39+,40+,42+,43-,46-,47+,48-,49-/m0/s1. The van der Waals surface area contributed by atoms with Gasteiger partial charge in [-0.25, -0.2) is 0 Å². The van der Waals surface area contributed by atoms with Gasteiger partial charge in [0.15, 0.2) is 16.7 Å². The van der Waals surface area contributed by atoms with Crippen molar-refractivity contribution in [3.05, 3.63) is 40.4 Å². The van der Waals surface area contributed by atoms with Crippen LogP contribution in [0.2, 0.25) is 10.0 Å². The number of thiocarbonyl (C=S) groups is 1. The van der Waals surface area contributed by atoms with Crippen molar-refractivity contribution in [2.24, 2.45) is 41.4 Å². The molecule has 0 saturated carbocycles. The van der Waals surface area contributed by atoms with Gasteiger partial charge in [0.2, 0.25) is 0 Å². The summed E-state index contributed by atoms with van der Waals surface area (Å²) in [7, 11) is 0. The maximum atomic E-state index is 14.7. The van der Waals surface area contributed by atoms with Crippen molar-refractivity contribution in [3.8, 4) is 0 Å². The van der Waals surface area contributed by atoms with Crippen LogP contribution in [0.15, 0.2) is 30.4 Å². The van der Waals surface area contributed by atoms with E-state index in [0.29, 0.717) is 78.6 Å². The van der Waals surface area contributed by atoms with Crippen LogP contribution in [0, 0.1) is 41.4 Å². The average molecular weight is 954 g/mol. The topological polar surface area (TPSA) is 165 Å². The van der Waals surface area contributed by atoms with Gasteiger partial charge in [-0.15, -0.1) is 0 Å². The number of carboxylic acids is 1. The number of hydrogen-bond acceptors (Lipinski definition) is 10. The molecule has 6 rings (SSSR count). The van der Waals surface area contributed by atoms with Gasteiger partial charge in [0.1, 0.15) is 11.8 Å². The molecule has 4 saturated heterocycles. The quantitative estimate of drug-likeness (QED) is 0.0886. The molecule has 12 nitrogen and oxygen atoms in total. The molecular weight excluding hydrogens is 880 g/mol. The molecule has 360 valence electrons. The summed E-state index contributed by atoms with van der Waals surface area (Å²) in [6.45, 7) is 19.8. The van der Waals surface area contributed by atoms with Gasteiger partial charge in [0.05, 0.1) is 53.7 Å². The lowest BCUT2D eigenvalue weighted by atomic mass is 9.72. The lowest BCUT2D eigenvalue weighted by molar-refractivity contribution is -0.397. The largest absolute Gasteiger partial charge is 0.481 e. The van der Waals surface area contributed by atoms with Crippen molar-refractivity contribution in [1.29, 1.82) is 0 Å². The van der Waals surface area contributed by atoms with Crippen molar-refractivity contribution >= 4 is 58.0 Å². The van der Waals surface area contributed by atoms with Gasteiger partial charge in [-0.05, 0) is 120 Å². The highest BCUT2D eigenvalue weighted by Gasteiger charge is 2.63. The number of halogens is 2. The molecular formula is C49H74Cl2N2O10S. The van der Waals surface area contributed by atoms with Crippen molar-refractivity contribution in [3.63, 3.8) is 0 Å². The van der Waals surface area contributed by atoms with Crippen LogP contribution in [0.5, 0.6) is 0 Å². The van der Waals surface area contributed by atoms with Crippen LogP contribution in [0.25, 0.3) is 0 Å². The minimum absolute atomic E-state index is 0.0185. The number of carbonyl (C=O) groups is 2. The van der Waals surface area contributed by atoms with Crippen molar-refractivity contribution in [2.45, 2.75) is 199 Å². The monoisotopic (exact) mass is 952 g/mol. The molecule has 0 amide bonds. The van der Waals surface area contributed by atoms with E-state index in [1.54, 1.807) is 25.1 Å². The predicted molar refractivity (Wildman–Crippen MR) is 252 cm³/mol. The Balaban J connectivity index is 1.25. The Hall–Kier alpha value is -1.91. The molecule has 5 N–H and O–H groups in total. The van der Waals surface area contributed by atoms with Gasteiger partial charge >= 0.3 is 5.97 Å². The fourth-order valence-corrected chi connectivity index (χ4v) is 12.4. The number of nitrogens with one attached hydrogen (secondary N) is 2. The molecule has 1 aromatic rings. The SMILES string of the molecule is CCC(C(=O)[C@@H](C)[C@@H](O)[C@H](C)[C@@H]1O[C@@H]([C@@H](CC)C(=O)O)CC[C@@H]1C)[C@H]1O[C@]2(C=CC(NC(=S)Nc3cc(Cl)cc(Cl)c3)[C@]3(CC[C@@](C)([C@H]4CC[C@](O)(CC)[C@H](C)O4)O3)O2)[C@H](C)C[C@@H]1C. The van der Waals surface area contributed by atoms with Crippen LogP contribution in [-0.4, -0.2) is 97.6 Å². The number of carboxylic acid groups (broad SMARTS) is 1. The third-order valence-electron chi connectivity index (χ3n) is 15.9. The van der Waals surface area contributed by atoms with E-state index in [2.05, 4.69) is 38.3 Å². The molecule has 0 aromatic heterocycles. The summed E-state index contributed by atoms with van der Waals surface area (Å²) in [4.78, 5) is 26.8. The van der Waals surface area contributed by atoms with Gasteiger partial charge < -0.3 is 49.6 Å². The van der Waals surface area contributed by atoms with Crippen LogP contribution in [0.1, 0.15) is 133 Å². The van der Waals surface area contributed by atoms with Gasteiger partial charge in [-0.3, -0.25) is 9.59 Å². The lowest BCUT2D eigenvalue weighted by Gasteiger charge is -2.55. The van der Waals surface area contributed by atoms with E-state index in [9.17, 15) is 24.9 Å². The first-order chi connectivity index (χ1) is 30.0.